The van der Waals surface area contributed by atoms with E-state index >= 15 is 0 Å². The zero-order chi connectivity index (χ0) is 45.9. The smallest absolute Gasteiger partial charge is 0.455 e. The molecule has 3 aromatic heterocycles. The van der Waals surface area contributed by atoms with Gasteiger partial charge in [-0.1, -0.05) is 73.9 Å². The van der Waals surface area contributed by atoms with Gasteiger partial charge in [0, 0.05) is 45.7 Å². The molecule has 30 heteroatoms. The van der Waals surface area contributed by atoms with Crippen LogP contribution >= 0.6 is 58.8 Å². The molecule has 5 heterocycles. The molecule has 5 rings (SSSR count). The molecule has 8 N–H and O–H groups in total. The number of rotatable bonds is 17. The molecule has 0 aromatic carbocycles. The highest BCUT2D eigenvalue weighted by molar-refractivity contribution is 8.82. The lowest BCUT2D eigenvalue weighted by molar-refractivity contribution is -0.160. The average Bonchev–Trinajstić information content (AvgIpc) is 3.85. The first-order valence-electron chi connectivity index (χ1n) is 18.5. The molecule has 9 atom stereocenters. The van der Waals surface area contributed by atoms with E-state index < -0.39 is 94.8 Å². The van der Waals surface area contributed by atoms with Crippen molar-refractivity contribution in [3.63, 3.8) is 0 Å². The van der Waals surface area contributed by atoms with E-state index in [0.29, 0.717) is 0 Å². The van der Waals surface area contributed by atoms with Gasteiger partial charge < -0.3 is 50.4 Å². The third-order valence-corrected chi connectivity index (χ3v) is 16.6. The van der Waals surface area contributed by atoms with Gasteiger partial charge in [-0.05, 0) is 6.07 Å². The predicted molar refractivity (Wildman–Crippen MR) is 231 cm³/mol. The number of likely N-dealkylation sites (N-methyl/N-ethyl adjacent to an activating group) is 1. The Labute approximate surface area is 370 Å². The maximum atomic E-state index is 14.2. The van der Waals surface area contributed by atoms with Crippen LogP contribution in [0.25, 0.3) is 11.2 Å². The van der Waals surface area contributed by atoms with Crippen LogP contribution in [0.2, 0.25) is 0 Å². The van der Waals surface area contributed by atoms with Gasteiger partial charge in [-0.3, -0.25) is 27.5 Å². The van der Waals surface area contributed by atoms with Crippen molar-refractivity contribution >= 4 is 92.8 Å². The van der Waals surface area contributed by atoms with Gasteiger partial charge in [0.25, 0.3) is 5.24 Å². The molecule has 3 unspecified atom stereocenters. The van der Waals surface area contributed by atoms with Gasteiger partial charge in [0.2, 0.25) is 0 Å². The lowest BCUT2D eigenvalue weighted by Gasteiger charge is -2.30. The number of carbonyl (C=O) groups excluding carboxylic acids is 2. The zero-order valence-corrected chi connectivity index (χ0v) is 39.4. The van der Waals surface area contributed by atoms with Crippen LogP contribution in [0.1, 0.15) is 60.4 Å². The molecule has 24 nitrogen and oxygen atoms in total. The Hall–Kier alpha value is -2.53. The molecule has 2 saturated heterocycles. The fourth-order valence-electron chi connectivity index (χ4n) is 5.77. The molecule has 2 fully saturated rings. The highest BCUT2D eigenvalue weighted by atomic mass is 33.1. The van der Waals surface area contributed by atoms with Crippen molar-refractivity contribution in [1.82, 2.24) is 34.0 Å². The Morgan fingerprint density at radius 3 is 2.32 bits per heavy atom. The van der Waals surface area contributed by atoms with E-state index in [9.17, 15) is 43.3 Å². The Balaban J connectivity index is 1.39. The monoisotopic (exact) mass is 989 g/mol. The SMILES string of the molecule is CN(C(=O)SSC(C)(C)C)[C@@H](CSSC(C)(C)C)C(=O)O[C@@H]1[C@@H](COP(=O)(O)O[C@H]2C[C@H](n3ccc(N)nc3=O)OC2COP(=O)(O)O)OC(n2cnc3c(N)ncnc32)[C@@H]1O. The first-order valence-corrected chi connectivity index (χ1v) is 26.0. The number of nitrogen functional groups attached to an aromatic ring is 2. The van der Waals surface area contributed by atoms with Gasteiger partial charge in [0.15, 0.2) is 23.8 Å². The van der Waals surface area contributed by atoms with Crippen LogP contribution in [0.3, 0.4) is 0 Å². The molecule has 0 radical (unpaired) electrons. The van der Waals surface area contributed by atoms with E-state index in [4.69, 9.17) is 34.7 Å². The number of nitrogens with two attached hydrogens (primary N) is 2. The van der Waals surface area contributed by atoms with E-state index in [1.54, 1.807) is 0 Å². The summed E-state index contributed by atoms with van der Waals surface area (Å²) in [6.07, 6.45) is -7.01. The number of esters is 1. The molecule has 62 heavy (non-hydrogen) atoms. The van der Waals surface area contributed by atoms with Crippen molar-refractivity contribution in [2.75, 3.05) is 37.5 Å². The van der Waals surface area contributed by atoms with Crippen molar-refractivity contribution in [3.8, 4) is 0 Å². The Morgan fingerprint density at radius 2 is 1.68 bits per heavy atom. The van der Waals surface area contributed by atoms with Crippen LogP contribution in [0.4, 0.5) is 16.4 Å². The zero-order valence-electron chi connectivity index (χ0n) is 34.3. The van der Waals surface area contributed by atoms with Gasteiger partial charge in [0.1, 0.15) is 54.3 Å². The van der Waals surface area contributed by atoms with Crippen LogP contribution in [-0.2, 0) is 41.7 Å². The number of phosphoric ester groups is 2. The molecule has 0 spiro atoms. The molecule has 1 amide bonds. The molecule has 3 aromatic rings. The van der Waals surface area contributed by atoms with Gasteiger partial charge in [0.05, 0.1) is 19.5 Å². The average molecular weight is 990 g/mol. The number of nitrogens with zero attached hydrogens (tertiary/aromatic N) is 7. The van der Waals surface area contributed by atoms with Crippen LogP contribution in [0.15, 0.2) is 29.7 Å². The van der Waals surface area contributed by atoms with Crippen LogP contribution in [-0.4, -0.2) is 137 Å². The van der Waals surface area contributed by atoms with Gasteiger partial charge in [-0.25, -0.2) is 33.7 Å². The van der Waals surface area contributed by atoms with E-state index in [0.717, 1.165) is 21.7 Å². The number of carbonyl (C=O) groups is 2. The largest absolute Gasteiger partial charge is 0.472 e. The molecule has 0 saturated carbocycles. The minimum atomic E-state index is -5.21. The highest BCUT2D eigenvalue weighted by Gasteiger charge is 2.50. The number of anilines is 2. The number of hydrogen-bond donors (Lipinski definition) is 6. The van der Waals surface area contributed by atoms with Crippen molar-refractivity contribution in [2.45, 2.75) is 106 Å². The Bertz CT molecular complexity index is 2230. The molecule has 2 aliphatic rings. The Kier molecular flexibility index (Phi) is 16.5. The number of hydrogen-bond acceptors (Lipinski definition) is 22. The number of phosphoric acid groups is 2. The number of amides is 1. The summed E-state index contributed by atoms with van der Waals surface area (Å²) in [5.74, 6) is -0.927. The molecular formula is C32H49N9O15P2S4. The number of aliphatic hydroxyl groups excluding tert-OH is 1. The minimum Gasteiger partial charge on any atom is -0.455 e. The van der Waals surface area contributed by atoms with Crippen LogP contribution in [0.5, 0.6) is 0 Å². The van der Waals surface area contributed by atoms with Gasteiger partial charge >= 0.3 is 27.3 Å². The molecule has 0 aliphatic carbocycles. The quantitative estimate of drug-likeness (QED) is 0.0643. The topological polar surface area (TPSA) is 338 Å². The number of aliphatic hydroxyl groups is 1. The third kappa shape index (κ3) is 13.7. The second kappa shape index (κ2) is 20.3. The van der Waals surface area contributed by atoms with Gasteiger partial charge in [-0.2, -0.15) is 4.98 Å². The summed E-state index contributed by atoms with van der Waals surface area (Å²) >= 11 is 0. The summed E-state index contributed by atoms with van der Waals surface area (Å²) in [5, 5.41) is 11.3. The van der Waals surface area contributed by atoms with Crippen molar-refractivity contribution in [1.29, 1.82) is 0 Å². The standard InChI is InChI=1S/C32H49N9O15P2S4/c1-31(2,3)61-59-13-16(39(7)30(45)60-62-32(4,5)6)28(43)55-24-19(54-27(23(24)42)41-15-37-22-25(34)35-14-36-26(22)41)12-52-58(49,50)56-17-10-21(40-9-8-20(33)38-29(40)44)53-18(17)11-51-57(46,47)48/h8-9,14-19,21,23-24,27,42H,10-13H2,1-7H3,(H,49,50)(H2,33,38,44)(H2,34,35,36)(H2,46,47,48)/t16-,17-,18?,19+,21+,23+,24+,27?/m0/s1. The minimum absolute atomic E-state index is 0.0197. The summed E-state index contributed by atoms with van der Waals surface area (Å²) < 4.78 is 60.1. The maximum Gasteiger partial charge on any atom is 0.472 e. The predicted octanol–water partition coefficient (Wildman–Crippen LogP) is 3.10. The summed E-state index contributed by atoms with van der Waals surface area (Å²) in [6.45, 7) is 10.0. The van der Waals surface area contributed by atoms with Crippen molar-refractivity contribution in [2.24, 2.45) is 0 Å². The number of aromatic nitrogens is 6. The van der Waals surface area contributed by atoms with E-state index in [1.165, 1.54) is 67.5 Å². The number of imidazole rings is 1. The van der Waals surface area contributed by atoms with Crippen molar-refractivity contribution < 1.29 is 66.3 Å². The summed E-state index contributed by atoms with van der Waals surface area (Å²) in [5.41, 5.74) is 11.0. The molecule has 0 bridgehead atoms. The summed E-state index contributed by atoms with van der Waals surface area (Å²) in [7, 11) is -3.76. The van der Waals surface area contributed by atoms with Gasteiger partial charge in [-0.15, -0.1) is 0 Å². The second-order valence-corrected chi connectivity index (χ2v) is 24.5. The summed E-state index contributed by atoms with van der Waals surface area (Å²) in [4.78, 5) is 86.9. The molecule has 346 valence electrons. The molecular weight excluding hydrogens is 941 g/mol. The summed E-state index contributed by atoms with van der Waals surface area (Å²) in [6, 6.07) is 0.108. The van der Waals surface area contributed by atoms with Crippen molar-refractivity contribution in [3.05, 3.63) is 35.4 Å². The Morgan fingerprint density at radius 1 is 1.00 bits per heavy atom. The highest BCUT2D eigenvalue weighted by Crippen LogP contribution is 2.50. The first-order chi connectivity index (χ1) is 28.7. The molecule has 2 aliphatic heterocycles. The lowest BCUT2D eigenvalue weighted by atomic mass is 10.1. The lowest BCUT2D eigenvalue weighted by Crippen LogP contribution is -2.47. The number of fused-ring (bicyclic) bond motifs is 1. The van der Waals surface area contributed by atoms with E-state index in [1.807, 2.05) is 41.5 Å². The normalized spacial score (nSPS) is 24.9. The fraction of sp³-hybridized carbons (Fsp3) is 0.656. The van der Waals surface area contributed by atoms with E-state index in [-0.39, 0.29) is 44.5 Å². The number of ether oxygens (including phenoxy) is 3. The van der Waals surface area contributed by atoms with E-state index in [2.05, 4.69) is 24.5 Å². The first kappa shape index (κ1) is 50.5. The van der Waals surface area contributed by atoms with Crippen LogP contribution < -0.4 is 17.2 Å². The van der Waals surface area contributed by atoms with Crippen LogP contribution in [0, 0.1) is 0 Å². The third-order valence-electron chi connectivity index (χ3n) is 8.57. The second-order valence-electron chi connectivity index (χ2n) is 15.8. The maximum absolute atomic E-state index is 14.2. The fourth-order valence-corrected chi connectivity index (χ4v) is 11.5.